The van der Waals surface area contributed by atoms with E-state index in [1.165, 1.54) is 26.2 Å². The van der Waals surface area contributed by atoms with Crippen LogP contribution in [0.5, 0.6) is 0 Å². The number of nitrogens with one attached hydrogen (secondary N) is 2. The first-order valence-corrected chi connectivity index (χ1v) is 6.74. The molecule has 1 aromatic heterocycles. The third kappa shape index (κ3) is 4.37. The van der Waals surface area contributed by atoms with Crippen LogP contribution in [0.4, 0.5) is 11.4 Å². The van der Waals surface area contributed by atoms with Crippen molar-refractivity contribution in [3.05, 3.63) is 53.9 Å². The molecule has 0 atom stereocenters. The molecule has 0 spiro atoms. The number of pyridine rings is 1. The average Bonchev–Trinajstić information content (AvgIpc) is 2.55. The highest BCUT2D eigenvalue weighted by molar-refractivity contribution is 6.03. The first kappa shape index (κ1) is 16.2. The van der Waals surface area contributed by atoms with Crippen molar-refractivity contribution in [2.45, 2.75) is 6.92 Å². The van der Waals surface area contributed by atoms with Crippen LogP contribution >= 0.6 is 0 Å². The van der Waals surface area contributed by atoms with E-state index in [2.05, 4.69) is 20.4 Å². The predicted molar refractivity (Wildman–Crippen MR) is 84.3 cm³/mol. The summed E-state index contributed by atoms with van der Waals surface area (Å²) in [6.07, 6.45) is 0. The van der Waals surface area contributed by atoms with E-state index in [1.807, 2.05) is 0 Å². The van der Waals surface area contributed by atoms with Gasteiger partial charge < -0.3 is 15.4 Å². The molecule has 118 valence electrons. The zero-order valence-corrected chi connectivity index (χ0v) is 12.6. The van der Waals surface area contributed by atoms with Gasteiger partial charge in [-0.25, -0.2) is 9.78 Å². The van der Waals surface area contributed by atoms with E-state index in [-0.39, 0.29) is 17.3 Å². The van der Waals surface area contributed by atoms with Crippen LogP contribution in [0.1, 0.15) is 27.9 Å². The van der Waals surface area contributed by atoms with Crippen molar-refractivity contribution in [1.82, 2.24) is 4.98 Å². The van der Waals surface area contributed by atoms with E-state index >= 15 is 0 Å². The summed E-state index contributed by atoms with van der Waals surface area (Å²) in [6, 6.07) is 11.1. The Morgan fingerprint density at radius 3 is 2.04 bits per heavy atom. The van der Waals surface area contributed by atoms with E-state index in [0.717, 1.165) is 0 Å². The van der Waals surface area contributed by atoms with Crippen molar-refractivity contribution in [3.63, 3.8) is 0 Å². The Morgan fingerprint density at radius 1 is 0.913 bits per heavy atom. The molecular weight excluding hydrogens is 298 g/mol. The first-order chi connectivity index (χ1) is 11.0. The third-order valence-electron chi connectivity index (χ3n) is 2.84. The minimum atomic E-state index is -0.612. The summed E-state index contributed by atoms with van der Waals surface area (Å²) in [7, 11) is 1.24. The van der Waals surface area contributed by atoms with Crippen LogP contribution in [-0.2, 0) is 9.53 Å². The minimum Gasteiger partial charge on any atom is -0.464 e. The summed E-state index contributed by atoms with van der Waals surface area (Å²) in [5.74, 6) is -1.24. The smallest absolute Gasteiger partial charge is 0.356 e. The Labute approximate surface area is 132 Å². The van der Waals surface area contributed by atoms with Gasteiger partial charge in [0.1, 0.15) is 11.4 Å². The Bertz CT molecular complexity index is 741. The second-order valence-corrected chi connectivity index (χ2v) is 4.61. The molecule has 2 rings (SSSR count). The van der Waals surface area contributed by atoms with Crippen molar-refractivity contribution >= 4 is 29.2 Å². The molecule has 2 N–H and O–H groups in total. The third-order valence-corrected chi connectivity index (χ3v) is 2.84. The number of esters is 1. The number of amides is 2. The van der Waals surface area contributed by atoms with Gasteiger partial charge in [0.25, 0.3) is 5.91 Å². The molecule has 0 saturated heterocycles. The molecule has 2 amide bonds. The van der Waals surface area contributed by atoms with Crippen LogP contribution in [0.2, 0.25) is 0 Å². The van der Waals surface area contributed by atoms with E-state index in [1.54, 1.807) is 30.3 Å². The molecular formula is C16H15N3O4. The van der Waals surface area contributed by atoms with Crippen LogP contribution in [0.3, 0.4) is 0 Å². The molecule has 0 aliphatic carbocycles. The normalized spacial score (nSPS) is 9.83. The number of nitrogens with zero attached hydrogens (tertiary/aromatic N) is 1. The summed E-state index contributed by atoms with van der Waals surface area (Å²) in [6.45, 7) is 1.41. The van der Waals surface area contributed by atoms with Crippen molar-refractivity contribution in [1.29, 1.82) is 0 Å². The Balaban J connectivity index is 2.09. The van der Waals surface area contributed by atoms with Crippen molar-refractivity contribution < 1.29 is 19.1 Å². The molecule has 7 nitrogen and oxygen atoms in total. The predicted octanol–water partition coefficient (Wildman–Crippen LogP) is 2.08. The standard InChI is InChI=1S/C16H15N3O4/c1-10(20)17-11-6-8-12(9-7-11)18-15(21)13-4-3-5-14(19-13)16(22)23-2/h3-9H,1-2H3,(H,17,20)(H,18,21). The quantitative estimate of drug-likeness (QED) is 0.842. The van der Waals surface area contributed by atoms with Gasteiger partial charge >= 0.3 is 5.97 Å². The summed E-state index contributed by atoms with van der Waals surface area (Å²) < 4.78 is 4.57. The number of hydrogen-bond acceptors (Lipinski definition) is 5. The fraction of sp³-hybridized carbons (Fsp3) is 0.125. The number of methoxy groups -OCH3 is 1. The number of rotatable bonds is 4. The fourth-order valence-electron chi connectivity index (χ4n) is 1.81. The highest BCUT2D eigenvalue weighted by Gasteiger charge is 2.12. The summed E-state index contributed by atoms with van der Waals surface area (Å²) in [4.78, 5) is 38.5. The van der Waals surface area contributed by atoms with E-state index in [0.29, 0.717) is 11.4 Å². The maximum Gasteiger partial charge on any atom is 0.356 e. The van der Waals surface area contributed by atoms with Gasteiger partial charge in [0, 0.05) is 18.3 Å². The first-order valence-electron chi connectivity index (χ1n) is 6.74. The molecule has 0 aliphatic heterocycles. The number of aromatic nitrogens is 1. The largest absolute Gasteiger partial charge is 0.464 e. The Kier molecular flexibility index (Phi) is 5.03. The summed E-state index contributed by atoms with van der Waals surface area (Å²) in [5, 5.41) is 5.28. The van der Waals surface area contributed by atoms with Gasteiger partial charge in [0.2, 0.25) is 5.91 Å². The molecule has 1 heterocycles. The lowest BCUT2D eigenvalue weighted by Crippen LogP contribution is -2.16. The van der Waals surface area contributed by atoms with Gasteiger partial charge in [0.05, 0.1) is 7.11 Å². The second kappa shape index (κ2) is 7.17. The van der Waals surface area contributed by atoms with Crippen LogP contribution in [-0.4, -0.2) is 29.9 Å². The van der Waals surface area contributed by atoms with E-state index in [9.17, 15) is 14.4 Å². The van der Waals surface area contributed by atoms with Gasteiger partial charge in [0.15, 0.2) is 0 Å². The Hall–Kier alpha value is -3.22. The summed E-state index contributed by atoms with van der Waals surface area (Å²) >= 11 is 0. The minimum absolute atomic E-state index is 0.0566. The Morgan fingerprint density at radius 2 is 1.48 bits per heavy atom. The number of carbonyl (C=O) groups is 3. The lowest BCUT2D eigenvalue weighted by atomic mass is 10.2. The van der Waals surface area contributed by atoms with E-state index < -0.39 is 11.9 Å². The van der Waals surface area contributed by atoms with Gasteiger partial charge in [-0.05, 0) is 36.4 Å². The number of ether oxygens (including phenoxy) is 1. The molecule has 0 bridgehead atoms. The van der Waals surface area contributed by atoms with Gasteiger partial charge in [-0.3, -0.25) is 9.59 Å². The zero-order chi connectivity index (χ0) is 16.8. The van der Waals surface area contributed by atoms with Crippen molar-refractivity contribution in [2.24, 2.45) is 0 Å². The molecule has 23 heavy (non-hydrogen) atoms. The molecule has 1 aromatic carbocycles. The SMILES string of the molecule is COC(=O)c1cccc(C(=O)Nc2ccc(NC(C)=O)cc2)n1. The lowest BCUT2D eigenvalue weighted by molar-refractivity contribution is -0.114. The lowest BCUT2D eigenvalue weighted by Gasteiger charge is -2.07. The maximum atomic E-state index is 12.1. The molecule has 2 aromatic rings. The number of carbonyl (C=O) groups excluding carboxylic acids is 3. The zero-order valence-electron chi connectivity index (χ0n) is 12.6. The van der Waals surface area contributed by atoms with Crippen LogP contribution in [0.15, 0.2) is 42.5 Å². The fourth-order valence-corrected chi connectivity index (χ4v) is 1.81. The van der Waals surface area contributed by atoms with Crippen molar-refractivity contribution in [2.75, 3.05) is 17.7 Å². The average molecular weight is 313 g/mol. The molecule has 0 fully saturated rings. The topological polar surface area (TPSA) is 97.4 Å². The maximum absolute atomic E-state index is 12.1. The number of anilines is 2. The van der Waals surface area contributed by atoms with Crippen LogP contribution in [0.25, 0.3) is 0 Å². The number of benzene rings is 1. The van der Waals surface area contributed by atoms with Gasteiger partial charge in [-0.15, -0.1) is 0 Å². The second-order valence-electron chi connectivity index (χ2n) is 4.61. The number of hydrogen-bond donors (Lipinski definition) is 2. The van der Waals surface area contributed by atoms with Crippen LogP contribution in [0, 0.1) is 0 Å². The van der Waals surface area contributed by atoms with Gasteiger partial charge in [-0.2, -0.15) is 0 Å². The van der Waals surface area contributed by atoms with Crippen LogP contribution < -0.4 is 10.6 Å². The molecule has 0 radical (unpaired) electrons. The van der Waals surface area contributed by atoms with Crippen molar-refractivity contribution in [3.8, 4) is 0 Å². The van der Waals surface area contributed by atoms with E-state index in [4.69, 9.17) is 0 Å². The monoisotopic (exact) mass is 313 g/mol. The molecule has 0 aliphatic rings. The highest BCUT2D eigenvalue weighted by Crippen LogP contribution is 2.14. The molecule has 0 unspecified atom stereocenters. The highest BCUT2D eigenvalue weighted by atomic mass is 16.5. The molecule has 0 saturated carbocycles. The molecule has 7 heteroatoms. The van der Waals surface area contributed by atoms with Gasteiger partial charge in [-0.1, -0.05) is 6.07 Å². The summed E-state index contributed by atoms with van der Waals surface area (Å²) in [5.41, 5.74) is 1.32.